The number of furan rings is 1. The van der Waals surface area contributed by atoms with Crippen LogP contribution >= 0.6 is 0 Å². The van der Waals surface area contributed by atoms with Gasteiger partial charge in [0.1, 0.15) is 23.3 Å². The molecule has 0 aliphatic rings. The molecule has 0 spiro atoms. The van der Waals surface area contributed by atoms with Crippen LogP contribution in [0.25, 0.3) is 22.3 Å². The van der Waals surface area contributed by atoms with E-state index in [1.807, 2.05) is 0 Å². The third-order valence-electron chi connectivity index (χ3n) is 3.19. The summed E-state index contributed by atoms with van der Waals surface area (Å²) in [5.41, 5.74) is -0.506. The molecule has 0 fully saturated rings. The first kappa shape index (κ1) is 14.7. The van der Waals surface area contributed by atoms with Crippen molar-refractivity contribution in [1.82, 2.24) is 0 Å². The van der Waals surface area contributed by atoms with E-state index in [-0.39, 0.29) is 46.2 Å². The van der Waals surface area contributed by atoms with Gasteiger partial charge in [0.2, 0.25) is 11.2 Å². The Kier molecular flexibility index (Phi) is 3.53. The standard InChI is InChI=1S/C16H12O7/c1-2-21-16(20)13-4-3-12(23-13)10-7-22-15-9(14(10)19)5-8(17)6-11(15)18/h3-7,17-18H,2H2,1H3. The number of hydrogen-bond acceptors (Lipinski definition) is 7. The highest BCUT2D eigenvalue weighted by Gasteiger charge is 2.18. The van der Waals surface area contributed by atoms with Crippen LogP contribution in [0, 0.1) is 0 Å². The molecule has 7 heteroatoms. The Labute approximate surface area is 129 Å². The fraction of sp³-hybridized carbons (Fsp3) is 0.125. The predicted molar refractivity (Wildman–Crippen MR) is 79.5 cm³/mol. The zero-order valence-corrected chi connectivity index (χ0v) is 12.0. The van der Waals surface area contributed by atoms with Gasteiger partial charge >= 0.3 is 5.97 Å². The molecule has 0 saturated carbocycles. The van der Waals surface area contributed by atoms with E-state index in [9.17, 15) is 19.8 Å². The van der Waals surface area contributed by atoms with E-state index in [1.165, 1.54) is 18.2 Å². The lowest BCUT2D eigenvalue weighted by Crippen LogP contribution is -2.05. The highest BCUT2D eigenvalue weighted by Crippen LogP contribution is 2.30. The number of rotatable bonds is 3. The van der Waals surface area contributed by atoms with Crippen molar-refractivity contribution in [2.45, 2.75) is 6.92 Å². The predicted octanol–water partition coefficient (Wildman–Crippen LogP) is 2.64. The fourth-order valence-electron chi connectivity index (χ4n) is 2.17. The molecular formula is C16H12O7. The number of ether oxygens (including phenoxy) is 1. The number of carbonyl (C=O) groups excluding carboxylic acids is 1. The van der Waals surface area contributed by atoms with Crippen LogP contribution in [0.1, 0.15) is 17.5 Å². The molecule has 1 aromatic carbocycles. The largest absolute Gasteiger partial charge is 0.508 e. The molecule has 2 heterocycles. The molecule has 0 aliphatic heterocycles. The van der Waals surface area contributed by atoms with E-state index in [0.29, 0.717) is 0 Å². The van der Waals surface area contributed by atoms with Gasteiger partial charge in [-0.3, -0.25) is 4.79 Å². The first-order valence-corrected chi connectivity index (χ1v) is 6.76. The van der Waals surface area contributed by atoms with Crippen molar-refractivity contribution in [2.75, 3.05) is 6.61 Å². The quantitative estimate of drug-likeness (QED) is 0.715. The molecule has 0 atom stereocenters. The number of benzene rings is 1. The van der Waals surface area contributed by atoms with Crippen LogP contribution in [-0.2, 0) is 4.74 Å². The lowest BCUT2D eigenvalue weighted by molar-refractivity contribution is 0.0491. The monoisotopic (exact) mass is 316 g/mol. The van der Waals surface area contributed by atoms with E-state index < -0.39 is 11.4 Å². The molecule has 0 saturated heterocycles. The van der Waals surface area contributed by atoms with E-state index in [2.05, 4.69) is 0 Å². The maximum Gasteiger partial charge on any atom is 0.374 e. The molecule has 3 aromatic rings. The first-order chi connectivity index (χ1) is 11.0. The molecule has 2 N–H and O–H groups in total. The Balaban J connectivity index is 2.13. The average Bonchev–Trinajstić information content (AvgIpc) is 2.98. The van der Waals surface area contributed by atoms with Gasteiger partial charge in [-0.25, -0.2) is 4.79 Å². The summed E-state index contributed by atoms with van der Waals surface area (Å²) in [6, 6.07) is 5.07. The molecular weight excluding hydrogens is 304 g/mol. The van der Waals surface area contributed by atoms with E-state index >= 15 is 0 Å². The summed E-state index contributed by atoms with van der Waals surface area (Å²) in [7, 11) is 0. The molecule has 0 aliphatic carbocycles. The van der Waals surface area contributed by atoms with E-state index in [1.54, 1.807) is 6.92 Å². The molecule has 23 heavy (non-hydrogen) atoms. The molecule has 0 unspecified atom stereocenters. The minimum absolute atomic E-state index is 0.00548. The highest BCUT2D eigenvalue weighted by molar-refractivity contribution is 5.88. The highest BCUT2D eigenvalue weighted by atomic mass is 16.5. The summed E-state index contributed by atoms with van der Waals surface area (Å²) in [5.74, 6) is -1.19. The molecule has 7 nitrogen and oxygen atoms in total. The summed E-state index contributed by atoms with van der Waals surface area (Å²) in [6.07, 6.45) is 1.12. The normalized spacial score (nSPS) is 10.8. The van der Waals surface area contributed by atoms with Crippen LogP contribution < -0.4 is 5.43 Å². The lowest BCUT2D eigenvalue weighted by atomic mass is 10.1. The minimum Gasteiger partial charge on any atom is -0.508 e. The number of hydrogen-bond donors (Lipinski definition) is 2. The van der Waals surface area contributed by atoms with Crippen LogP contribution in [-0.4, -0.2) is 22.8 Å². The van der Waals surface area contributed by atoms with Gasteiger partial charge in [0.25, 0.3) is 0 Å². The molecule has 0 amide bonds. The van der Waals surface area contributed by atoms with Crippen molar-refractivity contribution in [3.63, 3.8) is 0 Å². The van der Waals surface area contributed by atoms with Gasteiger partial charge in [0, 0.05) is 6.07 Å². The number of fused-ring (bicyclic) bond motifs is 1. The number of esters is 1. The van der Waals surface area contributed by atoms with Crippen molar-refractivity contribution in [1.29, 1.82) is 0 Å². The number of phenols is 2. The van der Waals surface area contributed by atoms with Gasteiger partial charge in [-0.2, -0.15) is 0 Å². The summed E-state index contributed by atoms with van der Waals surface area (Å²) in [4.78, 5) is 24.1. The second-order valence-corrected chi connectivity index (χ2v) is 4.70. The Morgan fingerprint density at radius 3 is 2.78 bits per heavy atom. The zero-order valence-electron chi connectivity index (χ0n) is 12.0. The number of aromatic hydroxyl groups is 2. The SMILES string of the molecule is CCOC(=O)c1ccc(-c2coc3c(O)cc(O)cc3c2=O)o1. The molecule has 0 bridgehead atoms. The van der Waals surface area contributed by atoms with Crippen molar-refractivity contribution >= 4 is 16.9 Å². The molecule has 2 aromatic heterocycles. The Morgan fingerprint density at radius 1 is 1.26 bits per heavy atom. The van der Waals surface area contributed by atoms with Crippen molar-refractivity contribution < 1.29 is 28.6 Å². The van der Waals surface area contributed by atoms with E-state index in [0.717, 1.165) is 12.3 Å². The van der Waals surface area contributed by atoms with Gasteiger partial charge in [-0.15, -0.1) is 0 Å². The Hall–Kier alpha value is -3.22. The van der Waals surface area contributed by atoms with Crippen LogP contribution in [0.15, 0.2) is 44.2 Å². The van der Waals surface area contributed by atoms with Crippen LogP contribution in [0.2, 0.25) is 0 Å². The summed E-state index contributed by atoms with van der Waals surface area (Å²) < 4.78 is 15.4. The van der Waals surface area contributed by atoms with Gasteiger partial charge in [0.05, 0.1) is 12.0 Å². The number of carbonyl (C=O) groups is 1. The summed E-state index contributed by atoms with van der Waals surface area (Å²) >= 11 is 0. The van der Waals surface area contributed by atoms with Gasteiger partial charge in [-0.1, -0.05) is 0 Å². The van der Waals surface area contributed by atoms with Crippen LogP contribution in [0.5, 0.6) is 11.5 Å². The van der Waals surface area contributed by atoms with Crippen LogP contribution in [0.3, 0.4) is 0 Å². The van der Waals surface area contributed by atoms with Gasteiger partial charge in [0.15, 0.2) is 11.3 Å². The molecule has 3 rings (SSSR count). The third-order valence-corrected chi connectivity index (χ3v) is 3.19. The van der Waals surface area contributed by atoms with Crippen molar-refractivity contribution in [3.8, 4) is 22.8 Å². The second-order valence-electron chi connectivity index (χ2n) is 4.70. The lowest BCUT2D eigenvalue weighted by Gasteiger charge is -2.03. The van der Waals surface area contributed by atoms with Crippen LogP contribution in [0.4, 0.5) is 0 Å². The number of phenolic OH excluding ortho intramolecular Hbond substituents is 2. The van der Waals surface area contributed by atoms with Gasteiger partial charge < -0.3 is 23.8 Å². The maximum atomic E-state index is 12.5. The fourth-order valence-corrected chi connectivity index (χ4v) is 2.17. The third kappa shape index (κ3) is 2.52. The summed E-state index contributed by atoms with van der Waals surface area (Å²) in [6.45, 7) is 1.87. The average molecular weight is 316 g/mol. The van der Waals surface area contributed by atoms with E-state index in [4.69, 9.17) is 13.6 Å². The van der Waals surface area contributed by atoms with Gasteiger partial charge in [-0.05, 0) is 25.1 Å². The first-order valence-electron chi connectivity index (χ1n) is 6.76. The van der Waals surface area contributed by atoms with Crippen molar-refractivity contribution in [2.24, 2.45) is 0 Å². The molecule has 0 radical (unpaired) electrons. The Bertz CT molecular complexity index is 949. The smallest absolute Gasteiger partial charge is 0.374 e. The second kappa shape index (κ2) is 5.53. The molecule has 118 valence electrons. The topological polar surface area (TPSA) is 110 Å². The maximum absolute atomic E-state index is 12.5. The van der Waals surface area contributed by atoms with Crippen molar-refractivity contribution in [3.05, 3.63) is 46.5 Å². The summed E-state index contributed by atoms with van der Waals surface area (Å²) in [5, 5.41) is 19.2. The Morgan fingerprint density at radius 2 is 2.04 bits per heavy atom. The zero-order chi connectivity index (χ0) is 16.6. The minimum atomic E-state index is -0.640.